The van der Waals surface area contributed by atoms with E-state index < -0.39 is 0 Å². The van der Waals surface area contributed by atoms with E-state index in [4.69, 9.17) is 0 Å². The third-order valence-corrected chi connectivity index (χ3v) is 3.27. The minimum Gasteiger partial charge on any atom is -0.373 e. The van der Waals surface area contributed by atoms with Crippen molar-refractivity contribution in [3.05, 3.63) is 53.9 Å². The summed E-state index contributed by atoms with van der Waals surface area (Å²) in [5.74, 6) is -0.0261. The van der Waals surface area contributed by atoms with E-state index in [0.29, 0.717) is 0 Å². The number of aryl methyl sites for hydroxylation is 1. The van der Waals surface area contributed by atoms with Crippen molar-refractivity contribution in [2.75, 3.05) is 10.6 Å². The number of amides is 1. The fourth-order valence-electron chi connectivity index (χ4n) is 2.23. The number of hydrogen-bond acceptors (Lipinski definition) is 3. The SMILES string of the molecule is Cc1ccc(NC(=O)C2Cc3ccccc3N2)cn1. The molecule has 0 radical (unpaired) electrons. The molecule has 0 fully saturated rings. The first-order valence-corrected chi connectivity index (χ1v) is 6.30. The molecule has 4 heteroatoms. The van der Waals surface area contributed by atoms with Gasteiger partial charge in [0.1, 0.15) is 6.04 Å². The molecule has 1 aliphatic rings. The minimum absolute atomic E-state index is 0.0261. The Bertz CT molecular complexity index is 582. The Morgan fingerprint density at radius 2 is 2.16 bits per heavy atom. The van der Waals surface area contributed by atoms with Gasteiger partial charge < -0.3 is 10.6 Å². The molecule has 1 aliphatic heterocycles. The monoisotopic (exact) mass is 253 g/mol. The molecule has 19 heavy (non-hydrogen) atoms. The average molecular weight is 253 g/mol. The first kappa shape index (κ1) is 11.7. The van der Waals surface area contributed by atoms with E-state index in [2.05, 4.69) is 15.6 Å². The van der Waals surface area contributed by atoms with Crippen LogP contribution in [-0.4, -0.2) is 16.9 Å². The van der Waals surface area contributed by atoms with Crippen LogP contribution in [0.3, 0.4) is 0 Å². The number of aromatic nitrogens is 1. The predicted octanol–water partition coefficient (Wildman–Crippen LogP) is 2.37. The highest BCUT2D eigenvalue weighted by Crippen LogP contribution is 2.25. The zero-order valence-electron chi connectivity index (χ0n) is 10.7. The number of carbonyl (C=O) groups is 1. The Hall–Kier alpha value is -2.36. The van der Waals surface area contributed by atoms with Crippen molar-refractivity contribution < 1.29 is 4.79 Å². The van der Waals surface area contributed by atoms with Gasteiger partial charge >= 0.3 is 0 Å². The second kappa shape index (κ2) is 4.72. The van der Waals surface area contributed by atoms with Crippen LogP contribution in [0.5, 0.6) is 0 Å². The van der Waals surface area contributed by atoms with Gasteiger partial charge in [0, 0.05) is 17.8 Å². The molecule has 1 amide bonds. The Morgan fingerprint density at radius 1 is 1.32 bits per heavy atom. The maximum Gasteiger partial charge on any atom is 0.247 e. The summed E-state index contributed by atoms with van der Waals surface area (Å²) in [6, 6.07) is 11.5. The standard InChI is InChI=1S/C15H15N3O/c1-10-6-7-12(9-16-10)17-15(19)14-8-11-4-2-3-5-13(11)18-14/h2-7,9,14,18H,8H2,1H3,(H,17,19). The average Bonchev–Trinajstić information content (AvgIpc) is 2.85. The number of anilines is 2. The minimum atomic E-state index is -0.210. The van der Waals surface area contributed by atoms with Gasteiger partial charge in [-0.15, -0.1) is 0 Å². The number of pyridine rings is 1. The Balaban J connectivity index is 1.68. The summed E-state index contributed by atoms with van der Waals surface area (Å²) in [7, 11) is 0. The number of para-hydroxylation sites is 1. The molecule has 2 aromatic rings. The molecule has 4 nitrogen and oxygen atoms in total. The number of fused-ring (bicyclic) bond motifs is 1. The largest absolute Gasteiger partial charge is 0.373 e. The summed E-state index contributed by atoms with van der Waals surface area (Å²) < 4.78 is 0. The summed E-state index contributed by atoms with van der Waals surface area (Å²) in [5.41, 5.74) is 3.90. The fraction of sp³-hybridized carbons (Fsp3) is 0.200. The predicted molar refractivity (Wildman–Crippen MR) is 75.2 cm³/mol. The highest BCUT2D eigenvalue weighted by Gasteiger charge is 2.26. The van der Waals surface area contributed by atoms with E-state index in [0.717, 1.165) is 23.5 Å². The van der Waals surface area contributed by atoms with Crippen LogP contribution in [0.2, 0.25) is 0 Å². The van der Waals surface area contributed by atoms with Crippen LogP contribution < -0.4 is 10.6 Å². The fourth-order valence-corrected chi connectivity index (χ4v) is 2.23. The molecule has 96 valence electrons. The van der Waals surface area contributed by atoms with Gasteiger partial charge in [-0.3, -0.25) is 9.78 Å². The number of hydrogen-bond donors (Lipinski definition) is 2. The topological polar surface area (TPSA) is 54.0 Å². The molecule has 1 unspecified atom stereocenters. The van der Waals surface area contributed by atoms with Crippen molar-refractivity contribution in [1.82, 2.24) is 4.98 Å². The number of benzene rings is 1. The molecule has 0 spiro atoms. The Labute approximate surface area is 111 Å². The van der Waals surface area contributed by atoms with Gasteiger partial charge in [0.25, 0.3) is 0 Å². The van der Waals surface area contributed by atoms with Crippen molar-refractivity contribution in [1.29, 1.82) is 0 Å². The zero-order valence-corrected chi connectivity index (χ0v) is 10.7. The normalized spacial score (nSPS) is 16.6. The van der Waals surface area contributed by atoms with Crippen LogP contribution in [0.25, 0.3) is 0 Å². The van der Waals surface area contributed by atoms with Gasteiger partial charge in [0.15, 0.2) is 0 Å². The van der Waals surface area contributed by atoms with Crippen LogP contribution in [0.1, 0.15) is 11.3 Å². The molecule has 2 heterocycles. The number of carbonyl (C=O) groups excluding carboxylic acids is 1. The Morgan fingerprint density at radius 3 is 2.89 bits per heavy atom. The number of rotatable bonds is 2. The molecule has 1 aromatic carbocycles. The highest BCUT2D eigenvalue weighted by atomic mass is 16.2. The van der Waals surface area contributed by atoms with E-state index in [1.54, 1.807) is 6.20 Å². The van der Waals surface area contributed by atoms with Crippen LogP contribution in [0.4, 0.5) is 11.4 Å². The van der Waals surface area contributed by atoms with E-state index in [1.807, 2.05) is 43.3 Å². The van der Waals surface area contributed by atoms with E-state index in [1.165, 1.54) is 5.56 Å². The molecule has 2 N–H and O–H groups in total. The van der Waals surface area contributed by atoms with E-state index >= 15 is 0 Å². The molecule has 0 saturated carbocycles. The second-order valence-corrected chi connectivity index (χ2v) is 4.74. The van der Waals surface area contributed by atoms with E-state index in [-0.39, 0.29) is 11.9 Å². The van der Waals surface area contributed by atoms with Crippen molar-refractivity contribution in [2.24, 2.45) is 0 Å². The van der Waals surface area contributed by atoms with Gasteiger partial charge in [-0.05, 0) is 30.7 Å². The lowest BCUT2D eigenvalue weighted by molar-refractivity contribution is -0.116. The lowest BCUT2D eigenvalue weighted by Gasteiger charge is -2.11. The molecular formula is C15H15N3O. The third-order valence-electron chi connectivity index (χ3n) is 3.27. The summed E-state index contributed by atoms with van der Waals surface area (Å²) in [6.45, 7) is 1.92. The second-order valence-electron chi connectivity index (χ2n) is 4.74. The maximum atomic E-state index is 12.2. The quantitative estimate of drug-likeness (QED) is 0.864. The molecule has 0 aliphatic carbocycles. The van der Waals surface area contributed by atoms with Crippen LogP contribution in [0.15, 0.2) is 42.6 Å². The lowest BCUT2D eigenvalue weighted by Crippen LogP contribution is -2.32. The van der Waals surface area contributed by atoms with Gasteiger partial charge in [0.2, 0.25) is 5.91 Å². The van der Waals surface area contributed by atoms with Crippen molar-refractivity contribution >= 4 is 17.3 Å². The molecule has 0 bridgehead atoms. The zero-order chi connectivity index (χ0) is 13.2. The van der Waals surface area contributed by atoms with Crippen molar-refractivity contribution in [3.8, 4) is 0 Å². The highest BCUT2D eigenvalue weighted by molar-refractivity contribution is 5.97. The smallest absolute Gasteiger partial charge is 0.247 e. The van der Waals surface area contributed by atoms with Crippen LogP contribution >= 0.6 is 0 Å². The molecule has 1 aromatic heterocycles. The van der Waals surface area contributed by atoms with Gasteiger partial charge in [-0.1, -0.05) is 18.2 Å². The van der Waals surface area contributed by atoms with Crippen molar-refractivity contribution in [2.45, 2.75) is 19.4 Å². The van der Waals surface area contributed by atoms with Gasteiger partial charge in [-0.2, -0.15) is 0 Å². The molecule has 0 saturated heterocycles. The van der Waals surface area contributed by atoms with Crippen LogP contribution in [0, 0.1) is 6.92 Å². The van der Waals surface area contributed by atoms with Gasteiger partial charge in [-0.25, -0.2) is 0 Å². The summed E-state index contributed by atoms with van der Waals surface area (Å²) in [6.07, 6.45) is 2.40. The maximum absolute atomic E-state index is 12.2. The summed E-state index contributed by atoms with van der Waals surface area (Å²) >= 11 is 0. The first-order chi connectivity index (χ1) is 9.22. The van der Waals surface area contributed by atoms with Crippen LogP contribution in [-0.2, 0) is 11.2 Å². The van der Waals surface area contributed by atoms with Crippen molar-refractivity contribution in [3.63, 3.8) is 0 Å². The molecule has 1 atom stereocenters. The summed E-state index contributed by atoms with van der Waals surface area (Å²) in [4.78, 5) is 16.3. The van der Waals surface area contributed by atoms with Gasteiger partial charge in [0.05, 0.1) is 11.9 Å². The lowest BCUT2D eigenvalue weighted by atomic mass is 10.1. The number of nitrogens with zero attached hydrogens (tertiary/aromatic N) is 1. The number of nitrogens with one attached hydrogen (secondary N) is 2. The molecular weight excluding hydrogens is 238 g/mol. The summed E-state index contributed by atoms with van der Waals surface area (Å²) in [5, 5.41) is 6.12. The third kappa shape index (κ3) is 2.42. The molecule has 3 rings (SSSR count). The Kier molecular flexibility index (Phi) is 2.91. The first-order valence-electron chi connectivity index (χ1n) is 6.30. The van der Waals surface area contributed by atoms with E-state index in [9.17, 15) is 4.79 Å².